The quantitative estimate of drug-likeness (QED) is 0.316. The minimum Gasteiger partial charge on any atom is -0.497 e. The summed E-state index contributed by atoms with van der Waals surface area (Å²) in [5.41, 5.74) is 3.91. The molecule has 2 aromatic carbocycles. The number of nitrogens with one attached hydrogen (secondary N) is 2. The number of urea groups is 1. The Morgan fingerprint density at radius 2 is 1.87 bits per heavy atom. The van der Waals surface area contributed by atoms with E-state index in [0.29, 0.717) is 13.1 Å². The van der Waals surface area contributed by atoms with E-state index in [1.807, 2.05) is 67.5 Å². The van der Waals surface area contributed by atoms with Crippen molar-refractivity contribution >= 4 is 34.3 Å². The maximum absolute atomic E-state index is 13.0. The average molecular weight is 522 g/mol. The Kier molecular flexibility index (Phi) is 10.6. The predicted molar refractivity (Wildman–Crippen MR) is 152 cm³/mol. The monoisotopic (exact) mass is 521 g/mol. The third-order valence-electron chi connectivity index (χ3n) is 6.18. The van der Waals surface area contributed by atoms with Crippen LogP contribution >= 0.6 is 0 Å². The molecule has 0 spiro atoms. The van der Waals surface area contributed by atoms with Crippen LogP contribution in [0.1, 0.15) is 32.3 Å². The summed E-state index contributed by atoms with van der Waals surface area (Å²) in [5.74, 6) is 0.318. The number of aromatic nitrogens is 1. The molecule has 0 bridgehead atoms. The third kappa shape index (κ3) is 8.26. The molecule has 9 nitrogen and oxygen atoms in total. The molecular formula is C29H39N5O4. The van der Waals surface area contributed by atoms with Gasteiger partial charge in [0.1, 0.15) is 12.3 Å². The molecule has 0 aliphatic heterocycles. The van der Waals surface area contributed by atoms with Crippen LogP contribution in [0.15, 0.2) is 54.7 Å². The van der Waals surface area contributed by atoms with Crippen molar-refractivity contribution in [1.29, 1.82) is 0 Å². The van der Waals surface area contributed by atoms with Crippen molar-refractivity contribution in [2.75, 3.05) is 51.1 Å². The molecule has 1 atom stereocenters. The van der Waals surface area contributed by atoms with Gasteiger partial charge in [0.2, 0.25) is 0 Å². The number of ether oxygens (including phenoxy) is 2. The Morgan fingerprint density at radius 1 is 1.11 bits per heavy atom. The molecule has 9 heteroatoms. The summed E-state index contributed by atoms with van der Waals surface area (Å²) in [4.78, 5) is 33.0. The van der Waals surface area contributed by atoms with Crippen molar-refractivity contribution in [1.82, 2.24) is 15.2 Å². The number of benzene rings is 2. The van der Waals surface area contributed by atoms with Gasteiger partial charge in [-0.25, -0.2) is 4.79 Å². The summed E-state index contributed by atoms with van der Waals surface area (Å²) in [6.45, 7) is 4.94. The minimum atomic E-state index is -0.451. The fourth-order valence-corrected chi connectivity index (χ4v) is 4.16. The number of hydrogen-bond donors (Lipinski definition) is 2. The lowest BCUT2D eigenvalue weighted by Gasteiger charge is -2.25. The highest BCUT2D eigenvalue weighted by atomic mass is 16.5. The number of rotatable bonds is 13. The van der Waals surface area contributed by atoms with E-state index in [1.165, 1.54) is 0 Å². The minimum absolute atomic E-state index is 0.135. The highest BCUT2D eigenvalue weighted by Crippen LogP contribution is 2.28. The lowest BCUT2D eigenvalue weighted by atomic mass is 10.1. The molecule has 3 aromatic rings. The van der Waals surface area contributed by atoms with E-state index in [1.54, 1.807) is 25.1 Å². The first-order valence-electron chi connectivity index (χ1n) is 12.9. The van der Waals surface area contributed by atoms with Crippen LogP contribution in [0, 0.1) is 0 Å². The van der Waals surface area contributed by atoms with Crippen LogP contribution in [-0.4, -0.2) is 68.8 Å². The van der Waals surface area contributed by atoms with Crippen LogP contribution in [0.4, 0.5) is 16.2 Å². The van der Waals surface area contributed by atoms with Crippen LogP contribution in [0.5, 0.6) is 5.75 Å². The smallest absolute Gasteiger partial charge is 0.325 e. The molecule has 0 fully saturated rings. The molecule has 0 radical (unpaired) electrons. The van der Waals surface area contributed by atoms with Crippen LogP contribution in [0.25, 0.3) is 10.9 Å². The molecule has 1 heterocycles. The number of methoxy groups -OCH3 is 1. The Labute approximate surface area is 225 Å². The molecule has 0 saturated heterocycles. The second-order valence-electron chi connectivity index (χ2n) is 9.38. The summed E-state index contributed by atoms with van der Waals surface area (Å²) in [6.07, 6.45) is 3.38. The van der Waals surface area contributed by atoms with Crippen molar-refractivity contribution < 1.29 is 19.1 Å². The number of carbonyl (C=O) groups excluding carboxylic acids is 2. The maximum atomic E-state index is 13.0. The van der Waals surface area contributed by atoms with Gasteiger partial charge in [-0.15, -0.1) is 0 Å². The second-order valence-corrected chi connectivity index (χ2v) is 9.38. The number of amides is 2. The van der Waals surface area contributed by atoms with Gasteiger partial charge in [0.15, 0.2) is 0 Å². The van der Waals surface area contributed by atoms with Crippen molar-refractivity contribution in [3.63, 3.8) is 0 Å². The number of pyridine rings is 1. The van der Waals surface area contributed by atoms with Gasteiger partial charge < -0.3 is 29.9 Å². The molecule has 2 N–H and O–H groups in total. The molecule has 2 amide bonds. The standard InChI is InChI=1S/C29H39N5O4/c1-6-38-27(35)19-31-29(36)34(20-22-11-13-24(14-12-22)33(3)4)16-8-9-21(2)32-26-18-25(37-5)17-23-10-7-15-30-28(23)26/h7,10-15,17-18,21,32H,6,8-9,16,19-20H2,1-5H3,(H,31,36). The maximum Gasteiger partial charge on any atom is 0.325 e. The van der Waals surface area contributed by atoms with Gasteiger partial charge in [-0.2, -0.15) is 0 Å². The van der Waals surface area contributed by atoms with E-state index in [-0.39, 0.29) is 25.2 Å². The Bertz CT molecular complexity index is 1200. The zero-order valence-corrected chi connectivity index (χ0v) is 23.0. The topological polar surface area (TPSA) is 96.0 Å². The molecule has 1 unspecified atom stereocenters. The predicted octanol–water partition coefficient (Wildman–Crippen LogP) is 4.66. The summed E-state index contributed by atoms with van der Waals surface area (Å²) in [6, 6.07) is 15.8. The van der Waals surface area contributed by atoms with Crippen molar-refractivity contribution in [2.24, 2.45) is 0 Å². The number of hydrogen-bond acceptors (Lipinski definition) is 7. The normalized spacial score (nSPS) is 11.5. The molecule has 38 heavy (non-hydrogen) atoms. The summed E-state index contributed by atoms with van der Waals surface area (Å²) >= 11 is 0. The summed E-state index contributed by atoms with van der Waals surface area (Å²) in [7, 11) is 5.63. The highest BCUT2D eigenvalue weighted by Gasteiger charge is 2.17. The fraction of sp³-hybridized carbons (Fsp3) is 0.414. The van der Waals surface area contributed by atoms with E-state index in [9.17, 15) is 9.59 Å². The molecule has 0 aliphatic rings. The second kappa shape index (κ2) is 14.1. The number of carbonyl (C=O) groups is 2. The summed E-state index contributed by atoms with van der Waals surface area (Å²) < 4.78 is 10.4. The van der Waals surface area contributed by atoms with Gasteiger partial charge in [-0.05, 0) is 56.5 Å². The van der Waals surface area contributed by atoms with Crippen molar-refractivity contribution in [2.45, 2.75) is 39.3 Å². The molecular weight excluding hydrogens is 482 g/mol. The van der Waals surface area contributed by atoms with E-state index in [0.717, 1.165) is 46.4 Å². The average Bonchev–Trinajstić information content (AvgIpc) is 2.91. The molecule has 0 aliphatic carbocycles. The number of anilines is 2. The Hall–Kier alpha value is -4.01. The van der Waals surface area contributed by atoms with E-state index in [2.05, 4.69) is 22.5 Å². The first-order chi connectivity index (χ1) is 18.3. The summed E-state index contributed by atoms with van der Waals surface area (Å²) in [5, 5.41) is 7.26. The number of nitrogens with zero attached hydrogens (tertiary/aromatic N) is 3. The highest BCUT2D eigenvalue weighted by molar-refractivity contribution is 5.92. The zero-order chi connectivity index (χ0) is 27.5. The largest absolute Gasteiger partial charge is 0.497 e. The molecule has 0 saturated carbocycles. The lowest BCUT2D eigenvalue weighted by Crippen LogP contribution is -2.42. The molecule has 3 rings (SSSR count). The van der Waals surface area contributed by atoms with Gasteiger partial charge in [0.25, 0.3) is 0 Å². The van der Waals surface area contributed by atoms with Gasteiger partial charge in [-0.1, -0.05) is 18.2 Å². The SMILES string of the molecule is CCOC(=O)CNC(=O)N(CCCC(C)Nc1cc(OC)cc2cccnc12)Cc1ccc(N(C)C)cc1. The van der Waals surface area contributed by atoms with Crippen LogP contribution in [0.3, 0.4) is 0 Å². The van der Waals surface area contributed by atoms with E-state index in [4.69, 9.17) is 9.47 Å². The van der Waals surface area contributed by atoms with E-state index < -0.39 is 5.97 Å². The van der Waals surface area contributed by atoms with Gasteiger partial charge in [-0.3, -0.25) is 9.78 Å². The zero-order valence-electron chi connectivity index (χ0n) is 23.0. The van der Waals surface area contributed by atoms with Crippen molar-refractivity contribution in [3.05, 3.63) is 60.3 Å². The molecule has 1 aromatic heterocycles. The lowest BCUT2D eigenvalue weighted by molar-refractivity contribution is -0.141. The van der Waals surface area contributed by atoms with E-state index >= 15 is 0 Å². The fourth-order valence-electron chi connectivity index (χ4n) is 4.16. The Morgan fingerprint density at radius 3 is 2.55 bits per heavy atom. The molecule has 204 valence electrons. The van der Waals surface area contributed by atoms with Gasteiger partial charge in [0, 0.05) is 56.6 Å². The van der Waals surface area contributed by atoms with Crippen LogP contribution in [-0.2, 0) is 16.1 Å². The number of fused-ring (bicyclic) bond motifs is 1. The van der Waals surface area contributed by atoms with Crippen LogP contribution < -0.4 is 20.3 Å². The Balaban J connectivity index is 1.63. The van der Waals surface area contributed by atoms with Crippen molar-refractivity contribution in [3.8, 4) is 5.75 Å². The number of esters is 1. The first-order valence-corrected chi connectivity index (χ1v) is 12.9. The van der Waals surface area contributed by atoms with Gasteiger partial charge in [0.05, 0.1) is 24.9 Å². The third-order valence-corrected chi connectivity index (χ3v) is 6.18. The van der Waals surface area contributed by atoms with Crippen LogP contribution in [0.2, 0.25) is 0 Å². The van der Waals surface area contributed by atoms with Gasteiger partial charge >= 0.3 is 12.0 Å². The first kappa shape index (κ1) is 28.6.